The minimum Gasteiger partial charge on any atom is -0.301 e. The Balaban J connectivity index is 1.25. The molecule has 7 heteroatoms. The SMILES string of the molecule is Cc1ccccc1-c1ccc(Cc2csc(NC(=O)C3(C)CC4([N+](=O)[O-])/C=C\C=C/C(C)C3c3ccccc34)n2)cc1. The molecule has 1 heterocycles. The number of thiazole rings is 1. The van der Waals surface area contributed by atoms with E-state index in [1.165, 1.54) is 28.0 Å². The van der Waals surface area contributed by atoms with E-state index in [1.54, 1.807) is 12.2 Å². The fraction of sp³-hybridized carbons (Fsp3) is 0.257. The molecule has 42 heavy (non-hydrogen) atoms. The molecule has 2 aliphatic carbocycles. The molecule has 4 unspecified atom stereocenters. The van der Waals surface area contributed by atoms with Gasteiger partial charge in [0.1, 0.15) is 0 Å². The van der Waals surface area contributed by atoms with Gasteiger partial charge in [0, 0.05) is 34.6 Å². The highest BCUT2D eigenvalue weighted by molar-refractivity contribution is 7.13. The largest absolute Gasteiger partial charge is 0.301 e. The van der Waals surface area contributed by atoms with Crippen LogP contribution in [-0.4, -0.2) is 15.8 Å². The molecule has 4 atom stereocenters. The van der Waals surface area contributed by atoms with Crippen LogP contribution in [0.4, 0.5) is 5.13 Å². The predicted octanol–water partition coefficient (Wildman–Crippen LogP) is 8.08. The zero-order valence-corrected chi connectivity index (χ0v) is 24.7. The van der Waals surface area contributed by atoms with Gasteiger partial charge in [-0.1, -0.05) is 97.9 Å². The number of carbonyl (C=O) groups excluding carboxylic acids is 1. The number of aromatic nitrogens is 1. The Bertz CT molecular complexity index is 1720. The molecule has 1 amide bonds. The van der Waals surface area contributed by atoms with Crippen molar-refractivity contribution in [2.45, 2.75) is 45.1 Å². The summed E-state index contributed by atoms with van der Waals surface area (Å²) in [6, 6.07) is 24.4. The lowest BCUT2D eigenvalue weighted by Crippen LogP contribution is -2.52. The first-order valence-electron chi connectivity index (χ1n) is 14.2. The summed E-state index contributed by atoms with van der Waals surface area (Å²) < 4.78 is 0. The minimum atomic E-state index is -1.49. The Morgan fingerprint density at radius 3 is 2.57 bits per heavy atom. The number of aryl methyl sites for hydroxylation is 1. The number of fused-ring (bicyclic) bond motifs is 6. The first-order valence-corrected chi connectivity index (χ1v) is 15.1. The van der Waals surface area contributed by atoms with Crippen LogP contribution >= 0.6 is 11.3 Å². The molecule has 0 fully saturated rings. The summed E-state index contributed by atoms with van der Waals surface area (Å²) in [5.74, 6) is -0.486. The van der Waals surface area contributed by atoms with Crippen molar-refractivity contribution in [2.75, 3.05) is 5.32 Å². The number of hydrogen-bond acceptors (Lipinski definition) is 5. The number of benzene rings is 3. The third-order valence-electron chi connectivity index (χ3n) is 8.92. The van der Waals surface area contributed by atoms with Gasteiger partial charge < -0.3 is 5.32 Å². The molecule has 1 aromatic heterocycles. The van der Waals surface area contributed by atoms with Crippen LogP contribution in [0.3, 0.4) is 0 Å². The average molecular weight is 576 g/mol. The Morgan fingerprint density at radius 2 is 1.81 bits per heavy atom. The fourth-order valence-corrected chi connectivity index (χ4v) is 7.59. The van der Waals surface area contributed by atoms with Crippen LogP contribution in [0.15, 0.2) is 102 Å². The van der Waals surface area contributed by atoms with E-state index in [2.05, 4.69) is 61.6 Å². The smallest absolute Gasteiger partial charge is 0.266 e. The van der Waals surface area contributed by atoms with Crippen LogP contribution < -0.4 is 5.32 Å². The highest BCUT2D eigenvalue weighted by atomic mass is 32.1. The summed E-state index contributed by atoms with van der Waals surface area (Å²) in [5, 5.41) is 18.2. The Kier molecular flexibility index (Phi) is 7.15. The minimum absolute atomic E-state index is 0.0103. The maximum Gasteiger partial charge on any atom is 0.266 e. The fourth-order valence-electron chi connectivity index (χ4n) is 6.89. The quantitative estimate of drug-likeness (QED) is 0.186. The number of nitro groups is 1. The lowest BCUT2D eigenvalue weighted by Gasteiger charge is -2.47. The number of amides is 1. The summed E-state index contributed by atoms with van der Waals surface area (Å²) in [4.78, 5) is 31.3. The van der Waals surface area contributed by atoms with Crippen LogP contribution in [0.1, 0.15) is 54.1 Å². The van der Waals surface area contributed by atoms with Gasteiger partial charge in [-0.3, -0.25) is 14.9 Å². The molecule has 0 radical (unpaired) electrons. The molecule has 6 rings (SSSR count). The summed E-state index contributed by atoms with van der Waals surface area (Å²) in [6.45, 7) is 6.06. The van der Waals surface area contributed by atoms with Gasteiger partial charge in [0.2, 0.25) is 5.91 Å². The number of nitrogens with zero attached hydrogens (tertiary/aromatic N) is 2. The van der Waals surface area contributed by atoms with E-state index in [9.17, 15) is 14.9 Å². The number of nitrogens with one attached hydrogen (secondary N) is 1. The van der Waals surface area contributed by atoms with Crippen LogP contribution in [0.25, 0.3) is 11.1 Å². The van der Waals surface area contributed by atoms with Gasteiger partial charge in [-0.05, 0) is 53.7 Å². The normalized spacial score (nSPS) is 25.9. The first kappa shape index (κ1) is 27.8. The maximum atomic E-state index is 14.1. The van der Waals surface area contributed by atoms with Crippen molar-refractivity contribution < 1.29 is 9.72 Å². The van der Waals surface area contributed by atoms with Gasteiger partial charge in [-0.2, -0.15) is 0 Å². The molecule has 212 valence electrons. The van der Waals surface area contributed by atoms with E-state index in [-0.39, 0.29) is 29.1 Å². The second-order valence-electron chi connectivity index (χ2n) is 11.7. The van der Waals surface area contributed by atoms with Crippen LogP contribution in [0, 0.1) is 28.4 Å². The van der Waals surface area contributed by atoms with E-state index >= 15 is 0 Å². The highest BCUT2D eigenvalue weighted by Crippen LogP contribution is 2.57. The molecule has 6 nitrogen and oxygen atoms in total. The van der Waals surface area contributed by atoms with Gasteiger partial charge >= 0.3 is 0 Å². The predicted molar refractivity (Wildman–Crippen MR) is 168 cm³/mol. The van der Waals surface area contributed by atoms with Gasteiger partial charge in [-0.15, -0.1) is 11.3 Å². The van der Waals surface area contributed by atoms with E-state index < -0.39 is 11.0 Å². The second kappa shape index (κ2) is 10.8. The van der Waals surface area contributed by atoms with Gasteiger partial charge in [0.25, 0.3) is 5.54 Å². The Morgan fingerprint density at radius 1 is 1.07 bits per heavy atom. The maximum absolute atomic E-state index is 14.1. The van der Waals surface area contributed by atoms with Crippen molar-refractivity contribution in [3.63, 3.8) is 0 Å². The molecular formula is C35H33N3O3S. The Hall–Kier alpha value is -4.36. The van der Waals surface area contributed by atoms with Crippen molar-refractivity contribution in [1.82, 2.24) is 4.98 Å². The first-order chi connectivity index (χ1) is 20.2. The van der Waals surface area contributed by atoms with Crippen molar-refractivity contribution in [3.05, 3.63) is 141 Å². The molecule has 4 aromatic rings. The van der Waals surface area contributed by atoms with Crippen LogP contribution in [0.5, 0.6) is 0 Å². The third kappa shape index (κ3) is 4.77. The van der Waals surface area contributed by atoms with E-state index in [1.807, 2.05) is 54.8 Å². The Labute approximate surface area is 250 Å². The number of rotatable bonds is 6. The van der Waals surface area contributed by atoms with Gasteiger partial charge in [0.05, 0.1) is 11.1 Å². The molecular weight excluding hydrogens is 542 g/mol. The summed E-state index contributed by atoms with van der Waals surface area (Å²) in [5.41, 5.74) is 4.62. The second-order valence-corrected chi connectivity index (χ2v) is 12.6. The monoisotopic (exact) mass is 575 g/mol. The number of carbonyl (C=O) groups is 1. The number of anilines is 1. The molecule has 1 N–H and O–H groups in total. The van der Waals surface area contributed by atoms with Crippen LogP contribution in [-0.2, 0) is 16.8 Å². The van der Waals surface area contributed by atoms with E-state index in [0.717, 1.165) is 16.8 Å². The van der Waals surface area contributed by atoms with Crippen molar-refractivity contribution >= 4 is 22.4 Å². The van der Waals surface area contributed by atoms with Gasteiger partial charge in [0.15, 0.2) is 5.13 Å². The standard InChI is InChI=1S/C35H33N3O3S/c1-23-10-4-5-12-28(23)26-17-15-25(16-18-26)20-27-21-42-33(36-27)37-32(39)34(3)22-35(38(40)41)19-9-8-11-24(2)31(34)29-13-6-7-14-30(29)35/h4-19,21,24,31H,20,22H2,1-3H3,(H,36,37,39)/b11-8-,19-9-. The zero-order chi connectivity index (χ0) is 29.5. The van der Waals surface area contributed by atoms with Gasteiger partial charge in [-0.25, -0.2) is 4.98 Å². The summed E-state index contributed by atoms with van der Waals surface area (Å²) in [6.07, 6.45) is 8.01. The van der Waals surface area contributed by atoms with Crippen molar-refractivity contribution in [1.29, 1.82) is 0 Å². The summed E-state index contributed by atoms with van der Waals surface area (Å²) >= 11 is 1.38. The molecule has 0 saturated carbocycles. The van der Waals surface area contributed by atoms with Crippen LogP contribution in [0.2, 0.25) is 0 Å². The highest BCUT2D eigenvalue weighted by Gasteiger charge is 2.60. The lowest BCUT2D eigenvalue weighted by molar-refractivity contribution is -0.569. The van der Waals surface area contributed by atoms with E-state index in [0.29, 0.717) is 17.1 Å². The average Bonchev–Trinajstić information content (AvgIpc) is 3.45. The molecule has 0 aliphatic heterocycles. The molecule has 2 bridgehead atoms. The molecule has 0 spiro atoms. The van der Waals surface area contributed by atoms with E-state index in [4.69, 9.17) is 4.98 Å². The van der Waals surface area contributed by atoms with Crippen molar-refractivity contribution in [2.24, 2.45) is 11.3 Å². The lowest BCUT2D eigenvalue weighted by atomic mass is 9.55. The number of hydrogen-bond donors (Lipinski definition) is 1. The molecule has 0 saturated heterocycles. The van der Waals surface area contributed by atoms with Crippen molar-refractivity contribution in [3.8, 4) is 11.1 Å². The molecule has 2 aliphatic rings. The summed E-state index contributed by atoms with van der Waals surface area (Å²) in [7, 11) is 0. The zero-order valence-electron chi connectivity index (χ0n) is 23.9. The third-order valence-corrected chi connectivity index (χ3v) is 9.73. The topological polar surface area (TPSA) is 85.1 Å². The number of allylic oxidation sites excluding steroid dienone is 3. The molecule has 3 aromatic carbocycles.